The molecule has 0 fully saturated rings. The Morgan fingerprint density at radius 1 is 1.15 bits per heavy atom. The SMILES string of the molecule is CSc1ccccc1NC(=O)CCc1ccccc1F. The van der Waals surface area contributed by atoms with Crippen molar-refractivity contribution in [3.8, 4) is 0 Å². The van der Waals surface area contributed by atoms with Crippen LogP contribution in [0.4, 0.5) is 10.1 Å². The van der Waals surface area contributed by atoms with Crippen LogP contribution in [0.3, 0.4) is 0 Å². The Balaban J connectivity index is 1.95. The number of aryl methyl sites for hydroxylation is 1. The van der Waals surface area contributed by atoms with Gasteiger partial charge in [-0.1, -0.05) is 30.3 Å². The molecule has 2 aromatic carbocycles. The molecular formula is C16H16FNOS. The van der Waals surface area contributed by atoms with Crippen LogP contribution in [0, 0.1) is 5.82 Å². The predicted molar refractivity (Wildman–Crippen MR) is 81.6 cm³/mol. The zero-order chi connectivity index (χ0) is 14.4. The first-order chi connectivity index (χ1) is 9.70. The minimum atomic E-state index is -0.259. The molecule has 4 heteroatoms. The van der Waals surface area contributed by atoms with E-state index in [2.05, 4.69) is 5.32 Å². The molecule has 0 spiro atoms. The fourth-order valence-electron chi connectivity index (χ4n) is 1.91. The molecule has 0 aliphatic heterocycles. The van der Waals surface area contributed by atoms with E-state index in [1.807, 2.05) is 30.5 Å². The number of para-hydroxylation sites is 1. The summed E-state index contributed by atoms with van der Waals surface area (Å²) in [6, 6.07) is 14.2. The minimum absolute atomic E-state index is 0.102. The molecule has 2 rings (SSSR count). The monoisotopic (exact) mass is 289 g/mol. The molecule has 104 valence electrons. The smallest absolute Gasteiger partial charge is 0.224 e. The van der Waals surface area contributed by atoms with E-state index in [-0.39, 0.29) is 18.1 Å². The van der Waals surface area contributed by atoms with E-state index in [9.17, 15) is 9.18 Å². The van der Waals surface area contributed by atoms with Crippen molar-refractivity contribution in [2.24, 2.45) is 0 Å². The molecule has 1 N–H and O–H groups in total. The summed E-state index contributed by atoms with van der Waals surface area (Å²) in [6.07, 6.45) is 2.63. The molecule has 0 unspecified atom stereocenters. The fraction of sp³-hybridized carbons (Fsp3) is 0.188. The quantitative estimate of drug-likeness (QED) is 0.839. The van der Waals surface area contributed by atoms with Gasteiger partial charge in [0.25, 0.3) is 0 Å². The third-order valence-electron chi connectivity index (χ3n) is 2.96. The number of amides is 1. The normalized spacial score (nSPS) is 10.3. The summed E-state index contributed by atoms with van der Waals surface area (Å²) in [5.41, 5.74) is 1.37. The Labute approximate surface area is 122 Å². The van der Waals surface area contributed by atoms with Gasteiger partial charge in [0.2, 0.25) is 5.91 Å². The van der Waals surface area contributed by atoms with E-state index in [1.165, 1.54) is 6.07 Å². The molecule has 0 aromatic heterocycles. The third-order valence-corrected chi connectivity index (χ3v) is 3.76. The summed E-state index contributed by atoms with van der Waals surface area (Å²) < 4.78 is 13.5. The lowest BCUT2D eigenvalue weighted by Gasteiger charge is -2.09. The molecule has 0 bridgehead atoms. The molecular weight excluding hydrogens is 273 g/mol. The van der Waals surface area contributed by atoms with Crippen molar-refractivity contribution in [1.29, 1.82) is 0 Å². The Morgan fingerprint density at radius 2 is 1.85 bits per heavy atom. The highest BCUT2D eigenvalue weighted by atomic mass is 32.2. The summed E-state index contributed by atoms with van der Waals surface area (Å²) in [7, 11) is 0. The lowest BCUT2D eigenvalue weighted by atomic mass is 10.1. The van der Waals surface area contributed by atoms with Crippen molar-refractivity contribution in [2.75, 3.05) is 11.6 Å². The number of benzene rings is 2. The van der Waals surface area contributed by atoms with Crippen molar-refractivity contribution in [3.63, 3.8) is 0 Å². The van der Waals surface area contributed by atoms with E-state index in [0.717, 1.165) is 10.6 Å². The molecule has 1 amide bonds. The van der Waals surface area contributed by atoms with Gasteiger partial charge in [0.1, 0.15) is 5.82 Å². The highest BCUT2D eigenvalue weighted by molar-refractivity contribution is 7.98. The number of halogens is 1. The first-order valence-electron chi connectivity index (χ1n) is 6.37. The number of carbonyl (C=O) groups excluding carboxylic acids is 1. The van der Waals surface area contributed by atoms with Gasteiger partial charge in [-0.3, -0.25) is 4.79 Å². The average Bonchev–Trinajstić information content (AvgIpc) is 2.47. The summed E-state index contributed by atoms with van der Waals surface area (Å²) >= 11 is 1.58. The van der Waals surface area contributed by atoms with Gasteiger partial charge in [-0.25, -0.2) is 4.39 Å². The van der Waals surface area contributed by atoms with Crippen molar-refractivity contribution < 1.29 is 9.18 Å². The van der Waals surface area contributed by atoms with Crippen LogP contribution in [0.2, 0.25) is 0 Å². The number of carbonyl (C=O) groups is 1. The van der Waals surface area contributed by atoms with Crippen molar-refractivity contribution in [2.45, 2.75) is 17.7 Å². The zero-order valence-electron chi connectivity index (χ0n) is 11.2. The number of thioether (sulfide) groups is 1. The van der Waals surface area contributed by atoms with Gasteiger partial charge >= 0.3 is 0 Å². The summed E-state index contributed by atoms with van der Waals surface area (Å²) in [5, 5.41) is 2.87. The molecule has 20 heavy (non-hydrogen) atoms. The number of hydrogen-bond acceptors (Lipinski definition) is 2. The second-order valence-corrected chi connectivity index (χ2v) is 5.19. The lowest BCUT2D eigenvalue weighted by Crippen LogP contribution is -2.13. The van der Waals surface area contributed by atoms with Crippen molar-refractivity contribution >= 4 is 23.4 Å². The van der Waals surface area contributed by atoms with Crippen molar-refractivity contribution in [3.05, 3.63) is 59.9 Å². The van der Waals surface area contributed by atoms with Crippen LogP contribution in [0.1, 0.15) is 12.0 Å². The van der Waals surface area contributed by atoms with Gasteiger partial charge in [0.05, 0.1) is 5.69 Å². The number of nitrogens with one attached hydrogen (secondary N) is 1. The van der Waals surface area contributed by atoms with Crippen molar-refractivity contribution in [1.82, 2.24) is 0 Å². The molecule has 0 saturated carbocycles. The molecule has 0 aliphatic carbocycles. The van der Waals surface area contributed by atoms with Gasteiger partial charge < -0.3 is 5.32 Å². The molecule has 0 saturated heterocycles. The van der Waals surface area contributed by atoms with Crippen LogP contribution >= 0.6 is 11.8 Å². The van der Waals surface area contributed by atoms with Crippen LogP contribution in [0.15, 0.2) is 53.4 Å². The van der Waals surface area contributed by atoms with Gasteiger partial charge in [0.15, 0.2) is 0 Å². The first kappa shape index (κ1) is 14.6. The minimum Gasteiger partial charge on any atom is -0.325 e. The maximum atomic E-state index is 13.5. The van der Waals surface area contributed by atoms with Crippen LogP contribution in [-0.4, -0.2) is 12.2 Å². The molecule has 2 aromatic rings. The van der Waals surface area contributed by atoms with Gasteiger partial charge in [-0.15, -0.1) is 11.8 Å². The zero-order valence-corrected chi connectivity index (χ0v) is 12.0. The molecule has 0 radical (unpaired) electrons. The van der Waals surface area contributed by atoms with E-state index < -0.39 is 0 Å². The standard InChI is InChI=1S/C16H16FNOS/c1-20-15-9-5-4-8-14(15)18-16(19)11-10-12-6-2-3-7-13(12)17/h2-9H,10-11H2,1H3,(H,18,19). The summed E-state index contributed by atoms with van der Waals surface area (Å²) in [4.78, 5) is 12.9. The summed E-state index contributed by atoms with van der Waals surface area (Å²) in [5.74, 6) is -0.362. The maximum Gasteiger partial charge on any atom is 0.224 e. The van der Waals surface area contributed by atoms with Gasteiger partial charge in [-0.05, 0) is 36.4 Å². The topological polar surface area (TPSA) is 29.1 Å². The van der Waals surface area contributed by atoms with Crippen LogP contribution in [-0.2, 0) is 11.2 Å². The molecule has 2 nitrogen and oxygen atoms in total. The Kier molecular flexibility index (Phi) is 5.18. The Hall–Kier alpha value is -1.81. The van der Waals surface area contributed by atoms with Gasteiger partial charge in [0, 0.05) is 11.3 Å². The van der Waals surface area contributed by atoms with E-state index in [1.54, 1.807) is 30.0 Å². The number of rotatable bonds is 5. The Bertz CT molecular complexity index is 601. The van der Waals surface area contributed by atoms with Gasteiger partial charge in [-0.2, -0.15) is 0 Å². The summed E-state index contributed by atoms with van der Waals surface area (Å²) in [6.45, 7) is 0. The molecule has 0 heterocycles. The number of anilines is 1. The molecule has 0 atom stereocenters. The third kappa shape index (κ3) is 3.84. The van der Waals surface area contributed by atoms with Crippen LogP contribution in [0.5, 0.6) is 0 Å². The van der Waals surface area contributed by atoms with E-state index >= 15 is 0 Å². The highest BCUT2D eigenvalue weighted by Gasteiger charge is 2.08. The number of hydrogen-bond donors (Lipinski definition) is 1. The van der Waals surface area contributed by atoms with E-state index in [0.29, 0.717) is 12.0 Å². The average molecular weight is 289 g/mol. The fourth-order valence-corrected chi connectivity index (χ4v) is 2.46. The first-order valence-corrected chi connectivity index (χ1v) is 7.59. The predicted octanol–water partition coefficient (Wildman–Crippen LogP) is 4.12. The van der Waals surface area contributed by atoms with Crippen LogP contribution < -0.4 is 5.32 Å². The lowest BCUT2D eigenvalue weighted by molar-refractivity contribution is -0.116. The second kappa shape index (κ2) is 7.10. The second-order valence-electron chi connectivity index (χ2n) is 4.34. The molecule has 0 aliphatic rings. The van der Waals surface area contributed by atoms with Crippen LogP contribution in [0.25, 0.3) is 0 Å². The Morgan fingerprint density at radius 3 is 2.60 bits per heavy atom. The largest absolute Gasteiger partial charge is 0.325 e. The van der Waals surface area contributed by atoms with E-state index in [4.69, 9.17) is 0 Å². The maximum absolute atomic E-state index is 13.5. The highest BCUT2D eigenvalue weighted by Crippen LogP contribution is 2.24.